The molecule has 4 heterocycles. The third kappa shape index (κ3) is 3.86. The molecule has 3 aromatic rings. The van der Waals surface area contributed by atoms with Gasteiger partial charge in [0.05, 0.1) is 25.5 Å². The molecule has 1 saturated heterocycles. The van der Waals surface area contributed by atoms with E-state index >= 15 is 0 Å². The molecular weight excluding hydrogens is 414 g/mol. The average molecular weight is 434 g/mol. The summed E-state index contributed by atoms with van der Waals surface area (Å²) < 4.78 is 9.83. The number of pyridine rings is 1. The number of carbonyl (C=O) groups excluding carboxylic acids is 2. The number of aliphatic hydroxyl groups is 1. The predicted molar refractivity (Wildman–Crippen MR) is 108 cm³/mol. The van der Waals surface area contributed by atoms with Crippen molar-refractivity contribution >= 4 is 44.9 Å². The van der Waals surface area contributed by atoms with Crippen LogP contribution in [0, 0.1) is 6.92 Å². The smallest absolute Gasteiger partial charge is 0.267 e. The maximum Gasteiger partial charge on any atom is 0.267 e. The van der Waals surface area contributed by atoms with Gasteiger partial charge in [-0.05, 0) is 24.5 Å². The van der Waals surface area contributed by atoms with E-state index in [1.165, 1.54) is 11.3 Å². The Hall–Kier alpha value is -2.47. The fraction of sp³-hybridized carbons (Fsp3) is 0.389. The van der Waals surface area contributed by atoms with E-state index in [1.807, 2.05) is 12.1 Å². The van der Waals surface area contributed by atoms with Crippen molar-refractivity contribution in [2.24, 2.45) is 0 Å². The minimum atomic E-state index is -0.457. The molecule has 9 nitrogen and oxygen atoms in total. The van der Waals surface area contributed by atoms with E-state index in [-0.39, 0.29) is 25.0 Å². The fourth-order valence-corrected chi connectivity index (χ4v) is 5.01. The summed E-state index contributed by atoms with van der Waals surface area (Å²) in [6.45, 7) is 2.91. The summed E-state index contributed by atoms with van der Waals surface area (Å²) >= 11 is 2.36. The molecule has 1 atom stereocenters. The molecule has 0 unspecified atom stereocenters. The van der Waals surface area contributed by atoms with Gasteiger partial charge in [-0.1, -0.05) is 10.6 Å². The van der Waals surface area contributed by atoms with Crippen molar-refractivity contribution in [1.82, 2.24) is 24.8 Å². The second-order valence-corrected chi connectivity index (χ2v) is 8.23. The highest BCUT2D eigenvalue weighted by Crippen LogP contribution is 2.37. The lowest BCUT2D eigenvalue weighted by molar-refractivity contribution is -0.0221. The molecule has 0 spiro atoms. The van der Waals surface area contributed by atoms with Crippen LogP contribution in [-0.4, -0.2) is 69.2 Å². The maximum absolute atomic E-state index is 12.9. The first-order valence-electron chi connectivity index (χ1n) is 9.06. The Balaban J connectivity index is 1.67. The topological polar surface area (TPSA) is 118 Å². The summed E-state index contributed by atoms with van der Waals surface area (Å²) in [5, 5.41) is 16.5. The van der Waals surface area contributed by atoms with Gasteiger partial charge in [-0.25, -0.2) is 4.98 Å². The summed E-state index contributed by atoms with van der Waals surface area (Å²) in [6, 6.07) is 3.71. The largest absolute Gasteiger partial charge is 0.395 e. The summed E-state index contributed by atoms with van der Waals surface area (Å²) in [5.74, 6) is -0.415. The van der Waals surface area contributed by atoms with Gasteiger partial charge in [0.1, 0.15) is 20.7 Å². The number of hydrogen-bond donors (Lipinski definition) is 2. The Kier molecular flexibility index (Phi) is 5.81. The number of nitrogens with zero attached hydrogens (tertiary/aromatic N) is 4. The lowest BCUT2D eigenvalue weighted by Gasteiger charge is -2.33. The van der Waals surface area contributed by atoms with Crippen LogP contribution in [0.2, 0.25) is 0 Å². The molecule has 152 valence electrons. The van der Waals surface area contributed by atoms with Crippen molar-refractivity contribution in [3.8, 4) is 0 Å². The van der Waals surface area contributed by atoms with E-state index in [2.05, 4.69) is 19.9 Å². The Labute approximate surface area is 174 Å². The van der Waals surface area contributed by atoms with E-state index in [1.54, 1.807) is 18.0 Å². The van der Waals surface area contributed by atoms with Gasteiger partial charge >= 0.3 is 0 Å². The molecule has 2 amide bonds. The van der Waals surface area contributed by atoms with E-state index in [0.717, 1.165) is 27.3 Å². The van der Waals surface area contributed by atoms with E-state index in [9.17, 15) is 9.59 Å². The minimum Gasteiger partial charge on any atom is -0.395 e. The number of ether oxygens (including phenoxy) is 1. The van der Waals surface area contributed by atoms with Gasteiger partial charge in [-0.3, -0.25) is 9.59 Å². The number of aromatic nitrogens is 3. The van der Waals surface area contributed by atoms with Crippen molar-refractivity contribution in [2.75, 3.05) is 32.8 Å². The van der Waals surface area contributed by atoms with Crippen molar-refractivity contribution in [3.63, 3.8) is 0 Å². The van der Waals surface area contributed by atoms with Crippen molar-refractivity contribution in [3.05, 3.63) is 39.3 Å². The molecule has 0 aromatic carbocycles. The molecule has 1 fully saturated rings. The lowest BCUT2D eigenvalue weighted by Crippen LogP contribution is -2.42. The second-order valence-electron chi connectivity index (χ2n) is 6.48. The van der Waals surface area contributed by atoms with Crippen LogP contribution in [-0.2, 0) is 4.74 Å². The number of morpholine rings is 1. The second kappa shape index (κ2) is 8.49. The molecule has 0 aliphatic carbocycles. The van der Waals surface area contributed by atoms with Crippen molar-refractivity contribution in [2.45, 2.75) is 13.0 Å². The van der Waals surface area contributed by atoms with Crippen molar-refractivity contribution in [1.29, 1.82) is 0 Å². The number of hydrogen-bond acceptors (Lipinski definition) is 9. The van der Waals surface area contributed by atoms with E-state index in [4.69, 9.17) is 9.84 Å². The fourth-order valence-electron chi connectivity index (χ4n) is 3.27. The molecule has 1 aliphatic heterocycles. The van der Waals surface area contributed by atoms with Crippen LogP contribution in [0.25, 0.3) is 10.2 Å². The van der Waals surface area contributed by atoms with Crippen LogP contribution in [0.5, 0.6) is 0 Å². The highest BCUT2D eigenvalue weighted by atomic mass is 32.1. The van der Waals surface area contributed by atoms with Gasteiger partial charge in [0.15, 0.2) is 0 Å². The number of thiophene rings is 1. The normalized spacial score (nSPS) is 16.9. The van der Waals surface area contributed by atoms with Gasteiger partial charge in [0, 0.05) is 30.2 Å². The van der Waals surface area contributed by atoms with E-state index < -0.39 is 6.10 Å². The Bertz CT molecular complexity index is 1050. The summed E-state index contributed by atoms with van der Waals surface area (Å²) in [4.78, 5) is 33.4. The highest BCUT2D eigenvalue weighted by Gasteiger charge is 2.33. The molecule has 4 rings (SSSR count). The predicted octanol–water partition coefficient (Wildman–Crippen LogP) is 1.39. The third-order valence-corrected chi connectivity index (χ3v) is 6.57. The monoisotopic (exact) mass is 433 g/mol. The maximum atomic E-state index is 12.9. The van der Waals surface area contributed by atoms with Gasteiger partial charge in [0.2, 0.25) is 0 Å². The van der Waals surface area contributed by atoms with E-state index in [0.29, 0.717) is 35.1 Å². The summed E-state index contributed by atoms with van der Waals surface area (Å²) in [5.41, 5.74) is 1.34. The number of aryl methyl sites for hydroxylation is 1. The molecule has 0 bridgehead atoms. The summed E-state index contributed by atoms with van der Waals surface area (Å²) in [7, 11) is 0. The molecule has 0 saturated carbocycles. The number of aliphatic hydroxyl groups excluding tert-OH is 1. The molecular formula is C18H19N5O4S2. The Morgan fingerprint density at radius 2 is 2.28 bits per heavy atom. The molecule has 29 heavy (non-hydrogen) atoms. The Morgan fingerprint density at radius 3 is 3.03 bits per heavy atom. The SMILES string of the molecule is Cc1nnsc1C(=O)N1CCO[C@H](c2c(C(=O)NCCO)sc3ncccc23)C1. The average Bonchev–Trinajstić information content (AvgIpc) is 3.35. The first-order valence-corrected chi connectivity index (χ1v) is 10.7. The van der Waals surface area contributed by atoms with Crippen LogP contribution in [0.3, 0.4) is 0 Å². The molecule has 2 N–H and O–H groups in total. The van der Waals surface area contributed by atoms with Gasteiger partial charge in [-0.15, -0.1) is 16.4 Å². The number of nitrogens with one attached hydrogen (secondary N) is 1. The zero-order valence-electron chi connectivity index (χ0n) is 15.6. The molecule has 11 heteroatoms. The van der Waals surface area contributed by atoms with Crippen LogP contribution in [0.1, 0.15) is 36.7 Å². The van der Waals surface area contributed by atoms with Crippen LogP contribution in [0.4, 0.5) is 0 Å². The Morgan fingerprint density at radius 1 is 1.41 bits per heavy atom. The van der Waals surface area contributed by atoms with Gasteiger partial charge < -0.3 is 20.1 Å². The van der Waals surface area contributed by atoms with Gasteiger partial charge in [0.25, 0.3) is 11.8 Å². The number of rotatable bonds is 5. The number of fused-ring (bicyclic) bond motifs is 1. The quantitative estimate of drug-likeness (QED) is 0.624. The number of amides is 2. The van der Waals surface area contributed by atoms with Crippen LogP contribution >= 0.6 is 22.9 Å². The zero-order valence-corrected chi connectivity index (χ0v) is 17.3. The van der Waals surface area contributed by atoms with Crippen LogP contribution < -0.4 is 5.32 Å². The lowest BCUT2D eigenvalue weighted by atomic mass is 10.0. The van der Waals surface area contributed by atoms with Crippen LogP contribution in [0.15, 0.2) is 18.3 Å². The van der Waals surface area contributed by atoms with Crippen molar-refractivity contribution < 1.29 is 19.4 Å². The standard InChI is InChI=1S/C18H19N5O4S2/c1-10-14(29-22-21-10)18(26)23-6-8-27-12(9-23)13-11-3-2-4-20-17(11)28-15(13)16(25)19-5-7-24/h2-4,12,24H,5-9H2,1H3,(H,19,25)/t12-/m0/s1. The zero-order chi connectivity index (χ0) is 20.4. The molecule has 3 aromatic heterocycles. The first kappa shape index (κ1) is 19.8. The highest BCUT2D eigenvalue weighted by molar-refractivity contribution is 7.20. The first-order chi connectivity index (χ1) is 14.1. The molecule has 1 aliphatic rings. The number of carbonyl (C=O) groups is 2. The summed E-state index contributed by atoms with van der Waals surface area (Å²) in [6.07, 6.45) is 1.22. The van der Waals surface area contributed by atoms with Gasteiger partial charge in [-0.2, -0.15) is 0 Å². The third-order valence-electron chi connectivity index (χ3n) is 4.63. The minimum absolute atomic E-state index is 0.130. The molecule has 0 radical (unpaired) electrons.